The molecule has 0 unspecified atom stereocenters. The van der Waals surface area contributed by atoms with Crippen LogP contribution in [0.4, 0.5) is 0 Å². The van der Waals surface area contributed by atoms with Crippen molar-refractivity contribution in [2.45, 2.75) is 30.3 Å². The van der Waals surface area contributed by atoms with Gasteiger partial charge in [-0.05, 0) is 42.0 Å². The average molecular weight is 473 g/mol. The van der Waals surface area contributed by atoms with E-state index in [1.54, 1.807) is 12.1 Å². The number of hydrogen-bond donors (Lipinski definition) is 1. The van der Waals surface area contributed by atoms with E-state index in [4.69, 9.17) is 0 Å². The molecule has 154 valence electrons. The predicted octanol–water partition coefficient (Wildman–Crippen LogP) is 5.32. The van der Waals surface area contributed by atoms with Gasteiger partial charge in [-0.2, -0.15) is 0 Å². The van der Waals surface area contributed by atoms with Crippen LogP contribution in [0.2, 0.25) is 0 Å². The van der Waals surface area contributed by atoms with Gasteiger partial charge in [0.1, 0.15) is 5.41 Å². The third-order valence-corrected chi connectivity index (χ3v) is 8.41. The maximum Gasteiger partial charge on any atom is 0.179 e. The third kappa shape index (κ3) is 2.27. The minimum atomic E-state index is -1.23. The molecule has 1 spiro atoms. The molecular weight excluding hydrogens is 452 g/mol. The molecule has 0 radical (unpaired) electrons. The number of aliphatic hydroxyl groups is 1. The molecule has 2 saturated carbocycles. The summed E-state index contributed by atoms with van der Waals surface area (Å²) >= 11 is 3.49. The van der Waals surface area contributed by atoms with Gasteiger partial charge in [-0.15, -0.1) is 0 Å². The van der Waals surface area contributed by atoms with Gasteiger partial charge < -0.3 is 5.11 Å². The van der Waals surface area contributed by atoms with Crippen LogP contribution in [0.25, 0.3) is 0 Å². The SMILES string of the molecule is O=C1c2ccccc2C(=O)C12[C@H](c1ccc(Br)cc1)C[C@@H](O)[C@H]1C[C@]12c1ccccc1. The zero-order valence-electron chi connectivity index (χ0n) is 16.8. The zero-order valence-corrected chi connectivity index (χ0v) is 18.4. The lowest BCUT2D eigenvalue weighted by molar-refractivity contribution is 0.0218. The zero-order chi connectivity index (χ0) is 21.4. The summed E-state index contributed by atoms with van der Waals surface area (Å²) in [5, 5.41) is 11.1. The van der Waals surface area contributed by atoms with Crippen LogP contribution < -0.4 is 0 Å². The number of carbonyl (C=O) groups is 2. The first-order valence-corrected chi connectivity index (χ1v) is 11.5. The molecule has 6 rings (SSSR count). The van der Waals surface area contributed by atoms with Crippen LogP contribution in [0.1, 0.15) is 50.6 Å². The number of aliphatic hydroxyl groups excluding tert-OH is 1. The maximum atomic E-state index is 14.2. The first kappa shape index (κ1) is 19.1. The molecule has 3 aromatic carbocycles. The number of hydrogen-bond acceptors (Lipinski definition) is 3. The quantitative estimate of drug-likeness (QED) is 0.513. The Morgan fingerprint density at radius 3 is 2.00 bits per heavy atom. The number of benzene rings is 3. The molecule has 4 heteroatoms. The van der Waals surface area contributed by atoms with Gasteiger partial charge in [-0.25, -0.2) is 0 Å². The van der Waals surface area contributed by atoms with E-state index in [0.717, 1.165) is 15.6 Å². The Morgan fingerprint density at radius 1 is 0.806 bits per heavy atom. The molecule has 0 aliphatic heterocycles. The fraction of sp³-hybridized carbons (Fsp3) is 0.259. The van der Waals surface area contributed by atoms with Crippen LogP contribution in [0, 0.1) is 11.3 Å². The van der Waals surface area contributed by atoms with Crippen LogP contribution in [-0.4, -0.2) is 22.8 Å². The van der Waals surface area contributed by atoms with Crippen LogP contribution in [0.3, 0.4) is 0 Å². The highest BCUT2D eigenvalue weighted by Crippen LogP contribution is 2.76. The van der Waals surface area contributed by atoms with Crippen molar-refractivity contribution in [3.63, 3.8) is 0 Å². The second-order valence-electron chi connectivity index (χ2n) is 9.07. The van der Waals surface area contributed by atoms with Gasteiger partial charge in [0.15, 0.2) is 11.6 Å². The van der Waals surface area contributed by atoms with Crippen molar-refractivity contribution >= 4 is 27.5 Å². The lowest BCUT2D eigenvalue weighted by Crippen LogP contribution is -2.55. The van der Waals surface area contributed by atoms with Crippen LogP contribution in [0.5, 0.6) is 0 Å². The highest BCUT2D eigenvalue weighted by molar-refractivity contribution is 9.10. The summed E-state index contributed by atoms with van der Waals surface area (Å²) < 4.78 is 0.941. The predicted molar refractivity (Wildman–Crippen MR) is 121 cm³/mol. The molecule has 0 aromatic heterocycles. The van der Waals surface area contributed by atoms with Gasteiger partial charge in [0.05, 0.1) is 6.10 Å². The van der Waals surface area contributed by atoms with Crippen molar-refractivity contribution < 1.29 is 14.7 Å². The minimum absolute atomic E-state index is 0.0840. The number of fused-ring (bicyclic) bond motifs is 3. The van der Waals surface area contributed by atoms with Gasteiger partial charge in [0, 0.05) is 26.9 Å². The minimum Gasteiger partial charge on any atom is -0.393 e. The van der Waals surface area contributed by atoms with E-state index in [2.05, 4.69) is 15.9 Å². The second-order valence-corrected chi connectivity index (χ2v) is 9.98. The first-order chi connectivity index (χ1) is 15.0. The number of carbonyl (C=O) groups excluding carboxylic acids is 2. The number of halogens is 1. The molecular formula is C27H21BrO3. The molecule has 0 amide bonds. The Labute approximate surface area is 189 Å². The van der Waals surface area contributed by atoms with Crippen molar-refractivity contribution in [1.82, 2.24) is 0 Å². The summed E-state index contributed by atoms with van der Waals surface area (Å²) in [6.07, 6.45) is 0.507. The Kier molecular flexibility index (Phi) is 4.00. The van der Waals surface area contributed by atoms with Crippen molar-refractivity contribution in [1.29, 1.82) is 0 Å². The molecule has 31 heavy (non-hydrogen) atoms. The van der Waals surface area contributed by atoms with E-state index in [0.29, 0.717) is 24.0 Å². The summed E-state index contributed by atoms with van der Waals surface area (Å²) in [7, 11) is 0. The van der Waals surface area contributed by atoms with Crippen LogP contribution in [-0.2, 0) is 5.41 Å². The molecule has 0 bridgehead atoms. The summed E-state index contributed by atoms with van der Waals surface area (Å²) in [6, 6.07) is 25.0. The lowest BCUT2D eigenvalue weighted by atomic mass is 9.52. The number of Topliss-reactive ketones (excluding diaryl/α,β-unsaturated/α-hetero) is 2. The van der Waals surface area contributed by atoms with Crippen LogP contribution >= 0.6 is 15.9 Å². The first-order valence-electron chi connectivity index (χ1n) is 10.7. The Hall–Kier alpha value is -2.56. The third-order valence-electron chi connectivity index (χ3n) is 7.88. The van der Waals surface area contributed by atoms with E-state index < -0.39 is 16.9 Å². The van der Waals surface area contributed by atoms with Gasteiger partial charge in [0.25, 0.3) is 0 Å². The molecule has 0 saturated heterocycles. The molecule has 0 heterocycles. The van der Waals surface area contributed by atoms with Gasteiger partial charge in [-0.3, -0.25) is 9.59 Å². The van der Waals surface area contributed by atoms with Crippen LogP contribution in [0.15, 0.2) is 83.3 Å². The van der Waals surface area contributed by atoms with E-state index in [9.17, 15) is 14.7 Å². The van der Waals surface area contributed by atoms with E-state index in [-0.39, 0.29) is 23.4 Å². The highest BCUT2D eigenvalue weighted by Gasteiger charge is 2.80. The summed E-state index contributed by atoms with van der Waals surface area (Å²) in [5.74, 6) is -0.649. The molecule has 2 fully saturated rings. The molecule has 3 aromatic rings. The van der Waals surface area contributed by atoms with E-state index in [1.807, 2.05) is 66.7 Å². The Bertz CT molecular complexity index is 1180. The molecule has 3 aliphatic carbocycles. The summed E-state index contributed by atoms with van der Waals surface area (Å²) in [4.78, 5) is 28.5. The molecule has 3 nitrogen and oxygen atoms in total. The fourth-order valence-corrected chi connectivity index (χ4v) is 6.87. The standard InChI is InChI=1S/C27H21BrO3/c28-18-12-10-16(11-13-18)21-14-23(29)22-15-26(22,17-6-2-1-3-7-17)27(21)24(30)19-8-4-5-9-20(19)25(27)31/h1-13,21-23,29H,14-15H2/t21-,22+,23+,26-/m0/s1. The molecule has 3 aliphatic rings. The molecule has 1 N–H and O–H groups in total. The van der Waals surface area contributed by atoms with Gasteiger partial charge in [0.2, 0.25) is 0 Å². The van der Waals surface area contributed by atoms with Gasteiger partial charge in [-0.1, -0.05) is 82.7 Å². The van der Waals surface area contributed by atoms with Crippen molar-refractivity contribution in [3.05, 3.63) is 106 Å². The smallest absolute Gasteiger partial charge is 0.179 e. The summed E-state index contributed by atoms with van der Waals surface area (Å²) in [6.45, 7) is 0. The van der Waals surface area contributed by atoms with Crippen molar-refractivity contribution in [2.24, 2.45) is 11.3 Å². The monoisotopic (exact) mass is 472 g/mol. The average Bonchev–Trinajstić information content (AvgIpc) is 3.53. The topological polar surface area (TPSA) is 54.4 Å². The Balaban J connectivity index is 1.66. The number of rotatable bonds is 2. The normalized spacial score (nSPS) is 30.2. The summed E-state index contributed by atoms with van der Waals surface area (Å²) in [5.41, 5.74) is 1.04. The maximum absolute atomic E-state index is 14.2. The molecule has 4 atom stereocenters. The fourth-order valence-electron chi connectivity index (χ4n) is 6.60. The van der Waals surface area contributed by atoms with E-state index in [1.165, 1.54) is 0 Å². The number of ketones is 2. The van der Waals surface area contributed by atoms with Gasteiger partial charge >= 0.3 is 0 Å². The second kappa shape index (κ2) is 6.47. The van der Waals surface area contributed by atoms with Crippen molar-refractivity contribution in [3.8, 4) is 0 Å². The Morgan fingerprint density at radius 2 is 1.39 bits per heavy atom. The van der Waals surface area contributed by atoms with E-state index >= 15 is 0 Å². The highest BCUT2D eigenvalue weighted by atomic mass is 79.9. The largest absolute Gasteiger partial charge is 0.393 e. The lowest BCUT2D eigenvalue weighted by Gasteiger charge is -2.47. The van der Waals surface area contributed by atoms with Crippen molar-refractivity contribution in [2.75, 3.05) is 0 Å².